The van der Waals surface area contributed by atoms with Gasteiger partial charge in [-0.3, -0.25) is 14.4 Å². The van der Waals surface area contributed by atoms with E-state index in [9.17, 15) is 14.4 Å². The summed E-state index contributed by atoms with van der Waals surface area (Å²) < 4.78 is 16.8. The van der Waals surface area contributed by atoms with E-state index in [2.05, 4.69) is 99.8 Å². The minimum absolute atomic E-state index is 0.103. The predicted octanol–water partition coefficient (Wildman–Crippen LogP) is 24.2. The summed E-state index contributed by atoms with van der Waals surface area (Å²) in [4.78, 5) is 38.2. The first-order chi connectivity index (χ1) is 40.0. The molecule has 0 aromatic rings. The minimum atomic E-state index is -0.814. The molecule has 0 saturated heterocycles. The van der Waals surface area contributed by atoms with Crippen molar-refractivity contribution in [3.8, 4) is 0 Å². The molecule has 0 aliphatic rings. The van der Waals surface area contributed by atoms with Crippen molar-refractivity contribution in [3.63, 3.8) is 0 Å². The zero-order valence-electron chi connectivity index (χ0n) is 53.8. The fourth-order valence-electron chi connectivity index (χ4n) is 10.2. The Morgan fingerprint density at radius 1 is 0.259 bits per heavy atom. The van der Waals surface area contributed by atoms with Gasteiger partial charge in [-0.25, -0.2) is 0 Å². The van der Waals surface area contributed by atoms with Crippen molar-refractivity contribution in [1.82, 2.24) is 0 Å². The number of carbonyl (C=O) groups is 3. The maximum atomic E-state index is 12.8. The van der Waals surface area contributed by atoms with Crippen molar-refractivity contribution >= 4 is 17.9 Å². The number of esters is 3. The van der Waals surface area contributed by atoms with Crippen LogP contribution in [0.25, 0.3) is 0 Å². The second-order valence-corrected chi connectivity index (χ2v) is 23.4. The molecule has 1 atom stereocenters. The van der Waals surface area contributed by atoms with Crippen LogP contribution >= 0.6 is 0 Å². The maximum absolute atomic E-state index is 12.8. The van der Waals surface area contributed by atoms with Crippen molar-refractivity contribution in [2.45, 2.75) is 361 Å². The molecule has 0 N–H and O–H groups in total. The van der Waals surface area contributed by atoms with Crippen LogP contribution in [0.1, 0.15) is 355 Å². The summed E-state index contributed by atoms with van der Waals surface area (Å²) in [6, 6.07) is 0. The number of rotatable bonds is 64. The van der Waals surface area contributed by atoms with Crippen LogP contribution in [0, 0.1) is 0 Å². The molecular formula is C75H132O6. The SMILES string of the molecule is CC/C=C\C/C=C\C/C=C\C/C=C\C/C=C\C/C=C\CCC(=O)OC(COC(=O)CCCCCCCCCCC)COC(=O)CCCCCCCCCCCCCCCCCCCCCCCCC/C=C\CCCCCCCCCC. The Bertz CT molecular complexity index is 1530. The van der Waals surface area contributed by atoms with Gasteiger partial charge in [-0.15, -0.1) is 0 Å². The van der Waals surface area contributed by atoms with Crippen LogP contribution in [0.2, 0.25) is 0 Å². The van der Waals surface area contributed by atoms with Gasteiger partial charge in [-0.2, -0.15) is 0 Å². The highest BCUT2D eigenvalue weighted by atomic mass is 16.6. The average molecular weight is 1130 g/mol. The van der Waals surface area contributed by atoms with Gasteiger partial charge in [0.05, 0.1) is 0 Å². The summed E-state index contributed by atoms with van der Waals surface area (Å²) in [5.41, 5.74) is 0. The van der Waals surface area contributed by atoms with Gasteiger partial charge in [0.25, 0.3) is 0 Å². The van der Waals surface area contributed by atoms with Crippen LogP contribution in [0.4, 0.5) is 0 Å². The molecule has 6 nitrogen and oxygen atoms in total. The number of hydrogen-bond acceptors (Lipinski definition) is 6. The van der Waals surface area contributed by atoms with E-state index in [4.69, 9.17) is 14.2 Å². The standard InChI is InChI=1S/C75H132O6/c1-4-7-10-13-16-19-21-23-25-27-29-30-31-32-33-34-35-36-37-38-39-40-41-42-43-44-46-47-49-51-53-56-59-62-65-68-74(77)80-71-72(70-79-73(76)67-64-61-58-55-18-15-12-9-6-3)81-75(78)69-66-63-60-57-54-52-50-48-45-28-26-24-22-20-17-14-11-8-5-2/h8,11,17,20,24,26-27,29,45,48,52,54,60,63,72H,4-7,9-10,12-16,18-19,21-23,25,28,30-44,46-47,49-51,53,55-59,61-62,64-71H2,1-3H3/b11-8-,20-17-,26-24-,29-27-,48-45-,54-52-,63-60-. The first-order valence-corrected chi connectivity index (χ1v) is 35.1. The Morgan fingerprint density at radius 3 is 0.802 bits per heavy atom. The summed E-state index contributed by atoms with van der Waals surface area (Å²) in [7, 11) is 0. The van der Waals surface area contributed by atoms with E-state index in [1.54, 1.807) is 0 Å². The number of unbranched alkanes of at least 4 members (excludes halogenated alkanes) is 39. The van der Waals surface area contributed by atoms with Gasteiger partial charge in [-0.05, 0) is 83.5 Å². The molecule has 6 heteroatoms. The molecule has 0 saturated carbocycles. The number of allylic oxidation sites excluding steroid dienone is 14. The smallest absolute Gasteiger partial charge is 0.306 e. The molecule has 0 bridgehead atoms. The molecule has 0 heterocycles. The highest BCUT2D eigenvalue weighted by Crippen LogP contribution is 2.18. The summed E-state index contributed by atoms with van der Waals surface area (Å²) in [5, 5.41) is 0. The van der Waals surface area contributed by atoms with Gasteiger partial charge in [-0.1, -0.05) is 337 Å². The van der Waals surface area contributed by atoms with Gasteiger partial charge in [0, 0.05) is 19.3 Å². The summed E-state index contributed by atoms with van der Waals surface area (Å²) in [5.74, 6) is -0.977. The van der Waals surface area contributed by atoms with Crippen LogP contribution < -0.4 is 0 Å². The third-order valence-corrected chi connectivity index (χ3v) is 15.4. The van der Waals surface area contributed by atoms with E-state index in [0.717, 1.165) is 77.0 Å². The van der Waals surface area contributed by atoms with Crippen molar-refractivity contribution in [1.29, 1.82) is 0 Å². The lowest BCUT2D eigenvalue weighted by molar-refractivity contribution is -0.166. The molecule has 0 aliphatic heterocycles. The molecular weight excluding hydrogens is 997 g/mol. The lowest BCUT2D eigenvalue weighted by atomic mass is 10.0. The third kappa shape index (κ3) is 67.3. The van der Waals surface area contributed by atoms with Crippen molar-refractivity contribution in [2.75, 3.05) is 13.2 Å². The lowest BCUT2D eigenvalue weighted by Crippen LogP contribution is -2.30. The lowest BCUT2D eigenvalue weighted by Gasteiger charge is -2.18. The first kappa shape index (κ1) is 77.6. The predicted molar refractivity (Wildman–Crippen MR) is 353 cm³/mol. The van der Waals surface area contributed by atoms with Gasteiger partial charge < -0.3 is 14.2 Å². The Kier molecular flexibility index (Phi) is 66.2. The summed E-state index contributed by atoms with van der Waals surface area (Å²) >= 11 is 0. The molecule has 0 radical (unpaired) electrons. The van der Waals surface area contributed by atoms with Crippen molar-refractivity contribution < 1.29 is 28.6 Å². The van der Waals surface area contributed by atoms with Crippen LogP contribution in [0.5, 0.6) is 0 Å². The molecule has 0 fully saturated rings. The van der Waals surface area contributed by atoms with Gasteiger partial charge in [0.15, 0.2) is 6.10 Å². The topological polar surface area (TPSA) is 78.9 Å². The Labute approximate surface area is 503 Å². The van der Waals surface area contributed by atoms with Crippen LogP contribution in [0.3, 0.4) is 0 Å². The molecule has 1 unspecified atom stereocenters. The number of ether oxygens (including phenoxy) is 3. The van der Waals surface area contributed by atoms with E-state index >= 15 is 0 Å². The van der Waals surface area contributed by atoms with Gasteiger partial charge in [0.2, 0.25) is 0 Å². The second kappa shape index (κ2) is 69.1. The fourth-order valence-corrected chi connectivity index (χ4v) is 10.2. The Hall–Kier alpha value is -3.41. The molecule has 0 rings (SSSR count). The molecule has 0 spiro atoms. The monoisotopic (exact) mass is 1130 g/mol. The largest absolute Gasteiger partial charge is 0.462 e. The second-order valence-electron chi connectivity index (χ2n) is 23.4. The van der Waals surface area contributed by atoms with Crippen LogP contribution in [-0.2, 0) is 28.6 Å². The van der Waals surface area contributed by atoms with E-state index < -0.39 is 6.10 Å². The molecule has 0 aliphatic carbocycles. The van der Waals surface area contributed by atoms with Crippen LogP contribution in [-0.4, -0.2) is 37.2 Å². The Morgan fingerprint density at radius 2 is 0.506 bits per heavy atom. The van der Waals surface area contributed by atoms with E-state index in [0.29, 0.717) is 19.3 Å². The molecule has 0 amide bonds. The molecule has 468 valence electrons. The highest BCUT2D eigenvalue weighted by Gasteiger charge is 2.19. The zero-order valence-corrected chi connectivity index (χ0v) is 53.8. The zero-order chi connectivity index (χ0) is 58.5. The Balaban J connectivity index is 4.08. The molecule has 0 aromatic heterocycles. The van der Waals surface area contributed by atoms with Gasteiger partial charge in [0.1, 0.15) is 13.2 Å². The average Bonchev–Trinajstić information content (AvgIpc) is 3.47. The van der Waals surface area contributed by atoms with Crippen molar-refractivity contribution in [2.24, 2.45) is 0 Å². The number of hydrogen-bond donors (Lipinski definition) is 0. The quantitative estimate of drug-likeness (QED) is 0.0261. The highest BCUT2D eigenvalue weighted by molar-refractivity contribution is 5.71. The summed E-state index contributed by atoms with van der Waals surface area (Å²) in [6.07, 6.45) is 92.4. The maximum Gasteiger partial charge on any atom is 0.306 e. The third-order valence-electron chi connectivity index (χ3n) is 15.4. The molecule has 0 aromatic carbocycles. The van der Waals surface area contributed by atoms with Gasteiger partial charge >= 0.3 is 17.9 Å². The number of carbonyl (C=O) groups excluding carboxylic acids is 3. The normalized spacial score (nSPS) is 12.6. The first-order valence-electron chi connectivity index (χ1n) is 35.1. The fraction of sp³-hybridized carbons (Fsp3) is 0.773. The van der Waals surface area contributed by atoms with E-state index in [1.807, 2.05) is 6.08 Å². The van der Waals surface area contributed by atoms with Crippen LogP contribution in [0.15, 0.2) is 85.1 Å². The van der Waals surface area contributed by atoms with Crippen molar-refractivity contribution in [3.05, 3.63) is 85.1 Å². The van der Waals surface area contributed by atoms with E-state index in [-0.39, 0.29) is 37.5 Å². The van der Waals surface area contributed by atoms with E-state index in [1.165, 1.54) is 231 Å². The minimum Gasteiger partial charge on any atom is -0.462 e. The summed E-state index contributed by atoms with van der Waals surface area (Å²) in [6.45, 7) is 6.48. The molecule has 81 heavy (non-hydrogen) atoms.